The van der Waals surface area contributed by atoms with Crippen molar-refractivity contribution in [3.63, 3.8) is 0 Å². The van der Waals surface area contributed by atoms with Crippen LogP contribution in [-0.2, 0) is 6.54 Å². The number of hydrogen-bond donors (Lipinski definition) is 1. The van der Waals surface area contributed by atoms with Gasteiger partial charge in [-0.15, -0.1) is 0 Å². The van der Waals surface area contributed by atoms with E-state index >= 15 is 0 Å². The number of nitriles is 1. The molecule has 2 bridgehead atoms. The molecule has 2 fully saturated rings. The van der Waals surface area contributed by atoms with E-state index in [1.54, 1.807) is 13.2 Å². The molecule has 1 aromatic carbocycles. The first-order valence-corrected chi connectivity index (χ1v) is 7.22. The van der Waals surface area contributed by atoms with E-state index in [1.165, 1.54) is 12.8 Å². The fourth-order valence-electron chi connectivity index (χ4n) is 3.67. The van der Waals surface area contributed by atoms with Crippen LogP contribution in [0, 0.1) is 11.3 Å². The predicted molar refractivity (Wildman–Crippen MR) is 75.3 cm³/mol. The summed E-state index contributed by atoms with van der Waals surface area (Å²) < 4.78 is 5.41. The summed E-state index contributed by atoms with van der Waals surface area (Å²) in [5.74, 6) is 0.842. The van der Waals surface area contributed by atoms with Crippen LogP contribution in [-0.4, -0.2) is 35.3 Å². The van der Waals surface area contributed by atoms with Gasteiger partial charge in [0.15, 0.2) is 0 Å². The Morgan fingerprint density at radius 1 is 1.35 bits per heavy atom. The zero-order valence-electron chi connectivity index (χ0n) is 11.7. The van der Waals surface area contributed by atoms with Crippen molar-refractivity contribution < 1.29 is 9.84 Å². The molecule has 2 heterocycles. The molecule has 2 unspecified atom stereocenters. The first-order valence-electron chi connectivity index (χ1n) is 7.22. The molecule has 1 aromatic rings. The van der Waals surface area contributed by atoms with Crippen LogP contribution >= 0.6 is 0 Å². The molecule has 0 aliphatic carbocycles. The van der Waals surface area contributed by atoms with Gasteiger partial charge < -0.3 is 9.84 Å². The predicted octanol–water partition coefficient (Wildman–Crippen LogP) is 2.05. The van der Waals surface area contributed by atoms with E-state index in [9.17, 15) is 5.11 Å². The lowest BCUT2D eigenvalue weighted by molar-refractivity contribution is 0.0307. The molecule has 3 rings (SSSR count). The molecule has 0 aromatic heterocycles. The average molecular weight is 272 g/mol. The number of methoxy groups -OCH3 is 1. The van der Waals surface area contributed by atoms with E-state index < -0.39 is 0 Å². The summed E-state index contributed by atoms with van der Waals surface area (Å²) in [5.41, 5.74) is 1.74. The van der Waals surface area contributed by atoms with E-state index in [0.717, 1.165) is 30.7 Å². The highest BCUT2D eigenvalue weighted by atomic mass is 16.5. The molecule has 2 saturated heterocycles. The first-order chi connectivity index (χ1) is 9.71. The average Bonchev–Trinajstić information content (AvgIpc) is 2.70. The first kappa shape index (κ1) is 13.4. The third-order valence-corrected chi connectivity index (χ3v) is 4.62. The maximum absolute atomic E-state index is 9.86. The van der Waals surface area contributed by atoms with Crippen LogP contribution in [0.2, 0.25) is 0 Å². The molecule has 4 nitrogen and oxygen atoms in total. The molecule has 2 aliphatic rings. The van der Waals surface area contributed by atoms with Gasteiger partial charge in [0, 0.05) is 24.2 Å². The Bertz CT molecular complexity index is 524. The second-order valence-corrected chi connectivity index (χ2v) is 5.82. The number of rotatable bonds is 3. The number of benzene rings is 1. The van der Waals surface area contributed by atoms with Crippen LogP contribution in [0.15, 0.2) is 18.2 Å². The molecule has 0 saturated carbocycles. The SMILES string of the molecule is COc1ccc(C#N)cc1CN1C2CCC1CC(O)C2. The van der Waals surface area contributed by atoms with Gasteiger partial charge in [0.2, 0.25) is 0 Å². The van der Waals surface area contributed by atoms with Crippen molar-refractivity contribution >= 4 is 0 Å². The molecule has 0 amide bonds. The van der Waals surface area contributed by atoms with E-state index in [4.69, 9.17) is 10.00 Å². The zero-order chi connectivity index (χ0) is 14.1. The minimum atomic E-state index is -0.143. The van der Waals surface area contributed by atoms with Gasteiger partial charge in [-0.25, -0.2) is 0 Å². The van der Waals surface area contributed by atoms with Gasteiger partial charge >= 0.3 is 0 Å². The van der Waals surface area contributed by atoms with Crippen molar-refractivity contribution in [2.24, 2.45) is 0 Å². The van der Waals surface area contributed by atoms with Crippen LogP contribution in [0.25, 0.3) is 0 Å². The molecule has 2 aliphatic heterocycles. The van der Waals surface area contributed by atoms with Crippen molar-refractivity contribution in [3.8, 4) is 11.8 Å². The minimum Gasteiger partial charge on any atom is -0.496 e. The molecule has 20 heavy (non-hydrogen) atoms. The molecular formula is C16H20N2O2. The molecule has 4 heteroatoms. The van der Waals surface area contributed by atoms with E-state index in [1.807, 2.05) is 12.1 Å². The van der Waals surface area contributed by atoms with Gasteiger partial charge in [0.1, 0.15) is 5.75 Å². The summed E-state index contributed by atoms with van der Waals surface area (Å²) >= 11 is 0. The Labute approximate surface area is 119 Å². The molecular weight excluding hydrogens is 252 g/mol. The van der Waals surface area contributed by atoms with Crippen molar-refractivity contribution in [1.29, 1.82) is 5.26 Å². The lowest BCUT2D eigenvalue weighted by Gasteiger charge is -2.37. The van der Waals surface area contributed by atoms with E-state index in [0.29, 0.717) is 17.6 Å². The number of nitrogens with zero attached hydrogens (tertiary/aromatic N) is 2. The van der Waals surface area contributed by atoms with Crippen LogP contribution in [0.1, 0.15) is 36.8 Å². The van der Waals surface area contributed by atoms with Gasteiger partial charge in [-0.05, 0) is 43.9 Å². The van der Waals surface area contributed by atoms with Crippen LogP contribution in [0.4, 0.5) is 0 Å². The fraction of sp³-hybridized carbons (Fsp3) is 0.562. The van der Waals surface area contributed by atoms with Crippen molar-refractivity contribution in [2.75, 3.05) is 7.11 Å². The van der Waals surface area contributed by atoms with Crippen LogP contribution in [0.5, 0.6) is 5.75 Å². The van der Waals surface area contributed by atoms with Gasteiger partial charge in [0.25, 0.3) is 0 Å². The molecule has 106 valence electrons. The highest BCUT2D eigenvalue weighted by molar-refractivity contribution is 5.42. The smallest absolute Gasteiger partial charge is 0.123 e. The minimum absolute atomic E-state index is 0.143. The maximum atomic E-state index is 9.86. The lowest BCUT2D eigenvalue weighted by Crippen LogP contribution is -2.44. The quantitative estimate of drug-likeness (QED) is 0.915. The van der Waals surface area contributed by atoms with E-state index in [2.05, 4.69) is 11.0 Å². The lowest BCUT2D eigenvalue weighted by atomic mass is 9.98. The Balaban J connectivity index is 1.83. The Morgan fingerprint density at radius 3 is 2.65 bits per heavy atom. The third kappa shape index (κ3) is 2.39. The fourth-order valence-corrected chi connectivity index (χ4v) is 3.67. The van der Waals surface area contributed by atoms with Gasteiger partial charge in [-0.1, -0.05) is 0 Å². The second-order valence-electron chi connectivity index (χ2n) is 5.82. The highest BCUT2D eigenvalue weighted by Gasteiger charge is 2.40. The normalized spacial score (nSPS) is 29.1. The van der Waals surface area contributed by atoms with Crippen molar-refractivity contribution in [2.45, 2.75) is 50.4 Å². The summed E-state index contributed by atoms with van der Waals surface area (Å²) in [6.07, 6.45) is 3.94. The number of aliphatic hydroxyl groups is 1. The largest absolute Gasteiger partial charge is 0.496 e. The van der Waals surface area contributed by atoms with Crippen LogP contribution in [0.3, 0.4) is 0 Å². The third-order valence-electron chi connectivity index (χ3n) is 4.62. The molecule has 2 atom stereocenters. The summed E-state index contributed by atoms with van der Waals surface area (Å²) in [6, 6.07) is 8.71. The number of fused-ring (bicyclic) bond motifs is 2. The van der Waals surface area contributed by atoms with E-state index in [-0.39, 0.29) is 6.10 Å². The second kappa shape index (κ2) is 5.43. The van der Waals surface area contributed by atoms with Gasteiger partial charge in [-0.2, -0.15) is 5.26 Å². The summed E-state index contributed by atoms with van der Waals surface area (Å²) in [7, 11) is 1.67. The Morgan fingerprint density at radius 2 is 2.05 bits per heavy atom. The summed E-state index contributed by atoms with van der Waals surface area (Å²) in [5, 5.41) is 18.9. The highest BCUT2D eigenvalue weighted by Crippen LogP contribution is 2.37. The standard InChI is InChI=1S/C16H20N2O2/c1-20-16-5-2-11(9-17)6-12(16)10-18-13-3-4-14(18)8-15(19)7-13/h2,5-6,13-15,19H,3-4,7-8,10H2,1H3. The summed E-state index contributed by atoms with van der Waals surface area (Å²) in [6.45, 7) is 0.806. The number of ether oxygens (including phenoxy) is 1. The molecule has 0 radical (unpaired) electrons. The van der Waals surface area contributed by atoms with Crippen molar-refractivity contribution in [1.82, 2.24) is 4.90 Å². The molecule has 1 N–H and O–H groups in total. The van der Waals surface area contributed by atoms with Gasteiger partial charge in [0.05, 0.1) is 24.8 Å². The Hall–Kier alpha value is -1.57. The van der Waals surface area contributed by atoms with Crippen molar-refractivity contribution in [3.05, 3.63) is 29.3 Å². The van der Waals surface area contributed by atoms with Crippen LogP contribution < -0.4 is 4.74 Å². The monoisotopic (exact) mass is 272 g/mol. The zero-order valence-corrected chi connectivity index (χ0v) is 11.7. The number of aliphatic hydroxyl groups excluding tert-OH is 1. The van der Waals surface area contributed by atoms with Gasteiger partial charge in [-0.3, -0.25) is 4.90 Å². The maximum Gasteiger partial charge on any atom is 0.123 e. The number of hydrogen-bond acceptors (Lipinski definition) is 4. The molecule has 0 spiro atoms. The Kier molecular flexibility index (Phi) is 3.64. The summed E-state index contributed by atoms with van der Waals surface area (Å²) in [4.78, 5) is 2.48. The number of piperidine rings is 1. The topological polar surface area (TPSA) is 56.5 Å².